The lowest BCUT2D eigenvalue weighted by Crippen LogP contribution is -2.29. The molecule has 1 rings (SSSR count). The van der Waals surface area contributed by atoms with Gasteiger partial charge in [0.25, 0.3) is 0 Å². The minimum atomic E-state index is -0.192. The van der Waals surface area contributed by atoms with Crippen LogP contribution < -0.4 is 10.6 Å². The summed E-state index contributed by atoms with van der Waals surface area (Å²) in [7, 11) is 0. The van der Waals surface area contributed by atoms with Crippen LogP contribution in [0, 0.1) is 6.92 Å². The average molecular weight is 227 g/mol. The van der Waals surface area contributed by atoms with Gasteiger partial charge in [0.2, 0.25) is 0 Å². The van der Waals surface area contributed by atoms with Gasteiger partial charge >= 0.3 is 6.03 Å². The number of rotatable bonds is 3. The largest absolute Gasteiger partial charge is 0.338 e. The Morgan fingerprint density at radius 3 is 2.87 bits per heavy atom. The van der Waals surface area contributed by atoms with Crippen LogP contribution in [0.3, 0.4) is 0 Å². The Labute approximate surface area is 94.8 Å². The van der Waals surface area contributed by atoms with Crippen LogP contribution >= 0.6 is 11.6 Å². The van der Waals surface area contributed by atoms with Crippen LogP contribution in [0.1, 0.15) is 18.9 Å². The summed E-state index contributed by atoms with van der Waals surface area (Å²) in [5.74, 6) is 0. The summed E-state index contributed by atoms with van der Waals surface area (Å²) in [5.41, 5.74) is 1.63. The molecule has 0 spiro atoms. The fourth-order valence-corrected chi connectivity index (χ4v) is 1.32. The Morgan fingerprint density at radius 1 is 1.47 bits per heavy atom. The first-order valence-corrected chi connectivity index (χ1v) is 5.33. The second-order valence-electron chi connectivity index (χ2n) is 3.29. The number of carbonyl (C=O) groups is 1. The third kappa shape index (κ3) is 3.44. The van der Waals surface area contributed by atoms with E-state index < -0.39 is 0 Å². The lowest BCUT2D eigenvalue weighted by atomic mass is 10.2. The van der Waals surface area contributed by atoms with E-state index in [-0.39, 0.29) is 6.03 Å². The molecule has 0 aliphatic carbocycles. The van der Waals surface area contributed by atoms with E-state index >= 15 is 0 Å². The Kier molecular flexibility index (Phi) is 4.43. The van der Waals surface area contributed by atoms with Gasteiger partial charge in [-0.3, -0.25) is 0 Å². The molecule has 2 N–H and O–H groups in total. The van der Waals surface area contributed by atoms with Crippen LogP contribution in [-0.2, 0) is 0 Å². The molecule has 0 unspecified atom stereocenters. The molecule has 0 atom stereocenters. The van der Waals surface area contributed by atoms with Crippen molar-refractivity contribution < 1.29 is 4.79 Å². The van der Waals surface area contributed by atoms with E-state index in [0.717, 1.165) is 17.7 Å². The second-order valence-corrected chi connectivity index (χ2v) is 3.70. The van der Waals surface area contributed by atoms with Crippen LogP contribution in [0.15, 0.2) is 18.2 Å². The lowest BCUT2D eigenvalue weighted by Gasteiger charge is -2.09. The van der Waals surface area contributed by atoms with Gasteiger partial charge in [0.15, 0.2) is 0 Å². The minimum Gasteiger partial charge on any atom is -0.338 e. The van der Waals surface area contributed by atoms with Crippen molar-refractivity contribution in [3.63, 3.8) is 0 Å². The number of carbonyl (C=O) groups excluding carboxylic acids is 1. The van der Waals surface area contributed by atoms with Gasteiger partial charge < -0.3 is 10.6 Å². The van der Waals surface area contributed by atoms with Crippen molar-refractivity contribution in [3.8, 4) is 0 Å². The number of urea groups is 1. The normalized spacial score (nSPS) is 9.80. The first kappa shape index (κ1) is 11.9. The summed E-state index contributed by atoms with van der Waals surface area (Å²) in [6.07, 6.45) is 0.919. The second kappa shape index (κ2) is 5.61. The van der Waals surface area contributed by atoms with Gasteiger partial charge in [0.05, 0.1) is 0 Å². The van der Waals surface area contributed by atoms with Crippen molar-refractivity contribution in [2.45, 2.75) is 20.3 Å². The van der Waals surface area contributed by atoms with Crippen LogP contribution in [0.5, 0.6) is 0 Å². The number of amides is 2. The van der Waals surface area contributed by atoms with E-state index in [1.54, 1.807) is 6.07 Å². The predicted octanol–water partition coefficient (Wildman–Crippen LogP) is 3.18. The highest BCUT2D eigenvalue weighted by Gasteiger charge is 2.04. The fraction of sp³-hybridized carbons (Fsp3) is 0.364. The number of benzene rings is 1. The van der Waals surface area contributed by atoms with E-state index in [9.17, 15) is 4.79 Å². The summed E-state index contributed by atoms with van der Waals surface area (Å²) < 4.78 is 0. The van der Waals surface area contributed by atoms with Crippen molar-refractivity contribution in [1.82, 2.24) is 5.32 Å². The quantitative estimate of drug-likeness (QED) is 0.817. The van der Waals surface area contributed by atoms with Gasteiger partial charge in [0, 0.05) is 17.3 Å². The summed E-state index contributed by atoms with van der Waals surface area (Å²) in [5, 5.41) is 6.14. The van der Waals surface area contributed by atoms with Crippen LogP contribution in [0.2, 0.25) is 5.02 Å². The molecular weight excluding hydrogens is 212 g/mol. The van der Waals surface area contributed by atoms with E-state index in [0.29, 0.717) is 11.6 Å². The Hall–Kier alpha value is -1.22. The van der Waals surface area contributed by atoms with E-state index in [1.807, 2.05) is 26.0 Å². The van der Waals surface area contributed by atoms with Crippen LogP contribution in [0.25, 0.3) is 0 Å². The van der Waals surface area contributed by atoms with Crippen molar-refractivity contribution in [2.75, 3.05) is 11.9 Å². The topological polar surface area (TPSA) is 41.1 Å². The number of nitrogens with one attached hydrogen (secondary N) is 2. The molecule has 0 fully saturated rings. The standard InChI is InChI=1S/C11H15ClN2O/c1-3-7-13-11(15)14-10-6-4-5-9(12)8(10)2/h4-6H,3,7H2,1-2H3,(H2,13,14,15). The summed E-state index contributed by atoms with van der Waals surface area (Å²) in [6, 6.07) is 5.24. The van der Waals surface area contributed by atoms with E-state index in [2.05, 4.69) is 10.6 Å². The van der Waals surface area contributed by atoms with Gasteiger partial charge in [-0.15, -0.1) is 0 Å². The van der Waals surface area contributed by atoms with Gasteiger partial charge in [-0.1, -0.05) is 24.6 Å². The molecule has 15 heavy (non-hydrogen) atoms. The Balaban J connectivity index is 2.64. The molecule has 0 aliphatic rings. The van der Waals surface area contributed by atoms with Crippen LogP contribution in [0.4, 0.5) is 10.5 Å². The highest BCUT2D eigenvalue weighted by molar-refractivity contribution is 6.31. The molecule has 1 aromatic rings. The maximum Gasteiger partial charge on any atom is 0.319 e. The summed E-state index contributed by atoms with van der Waals surface area (Å²) >= 11 is 5.93. The van der Waals surface area contributed by atoms with Gasteiger partial charge in [0.1, 0.15) is 0 Å². The Morgan fingerprint density at radius 2 is 2.20 bits per heavy atom. The first-order valence-electron chi connectivity index (χ1n) is 4.95. The zero-order chi connectivity index (χ0) is 11.3. The first-order chi connectivity index (χ1) is 7.15. The summed E-state index contributed by atoms with van der Waals surface area (Å²) in [4.78, 5) is 11.4. The molecule has 0 aromatic heterocycles. The number of hydrogen-bond acceptors (Lipinski definition) is 1. The van der Waals surface area contributed by atoms with Crippen LogP contribution in [-0.4, -0.2) is 12.6 Å². The van der Waals surface area contributed by atoms with Crippen molar-refractivity contribution in [1.29, 1.82) is 0 Å². The lowest BCUT2D eigenvalue weighted by molar-refractivity contribution is 0.252. The molecule has 1 aromatic carbocycles. The minimum absolute atomic E-state index is 0.192. The smallest absolute Gasteiger partial charge is 0.319 e. The molecule has 2 amide bonds. The molecule has 0 aliphatic heterocycles. The Bertz CT molecular complexity index is 352. The maximum atomic E-state index is 11.4. The van der Waals surface area contributed by atoms with Gasteiger partial charge in [-0.2, -0.15) is 0 Å². The third-order valence-corrected chi connectivity index (χ3v) is 2.46. The van der Waals surface area contributed by atoms with Gasteiger partial charge in [-0.25, -0.2) is 4.79 Å². The molecule has 0 heterocycles. The highest BCUT2D eigenvalue weighted by atomic mass is 35.5. The van der Waals surface area contributed by atoms with E-state index in [1.165, 1.54) is 0 Å². The number of halogens is 1. The number of anilines is 1. The average Bonchev–Trinajstić information content (AvgIpc) is 2.22. The molecule has 0 radical (unpaired) electrons. The SMILES string of the molecule is CCCNC(=O)Nc1cccc(Cl)c1C. The maximum absolute atomic E-state index is 11.4. The molecular formula is C11H15ClN2O. The zero-order valence-corrected chi connectivity index (χ0v) is 9.69. The zero-order valence-electron chi connectivity index (χ0n) is 8.93. The van der Waals surface area contributed by atoms with E-state index in [4.69, 9.17) is 11.6 Å². The molecule has 4 heteroatoms. The molecule has 3 nitrogen and oxygen atoms in total. The predicted molar refractivity (Wildman–Crippen MR) is 63.5 cm³/mol. The van der Waals surface area contributed by atoms with Crippen molar-refractivity contribution in [3.05, 3.63) is 28.8 Å². The molecule has 0 bridgehead atoms. The third-order valence-electron chi connectivity index (χ3n) is 2.05. The fourth-order valence-electron chi connectivity index (χ4n) is 1.15. The molecule has 0 saturated carbocycles. The van der Waals surface area contributed by atoms with Crippen molar-refractivity contribution >= 4 is 23.3 Å². The van der Waals surface area contributed by atoms with Crippen molar-refractivity contribution in [2.24, 2.45) is 0 Å². The molecule has 0 saturated heterocycles. The summed E-state index contributed by atoms with van der Waals surface area (Å²) in [6.45, 7) is 4.55. The number of hydrogen-bond donors (Lipinski definition) is 2. The van der Waals surface area contributed by atoms with Gasteiger partial charge in [-0.05, 0) is 31.0 Å². The monoisotopic (exact) mass is 226 g/mol. The highest BCUT2D eigenvalue weighted by Crippen LogP contribution is 2.22. The molecule has 82 valence electrons.